The van der Waals surface area contributed by atoms with E-state index >= 15 is 0 Å². The largest absolute Gasteiger partial charge is 0.497 e. The number of anilines is 1. The van der Waals surface area contributed by atoms with Crippen molar-refractivity contribution in [2.45, 2.75) is 32.4 Å². The highest BCUT2D eigenvalue weighted by Crippen LogP contribution is 2.25. The Balaban J connectivity index is 1.88. The van der Waals surface area contributed by atoms with Crippen LogP contribution in [0.15, 0.2) is 66.9 Å². The van der Waals surface area contributed by atoms with Crippen LogP contribution < -0.4 is 14.4 Å². The van der Waals surface area contributed by atoms with Gasteiger partial charge in [-0.15, -0.1) is 0 Å². The Kier molecular flexibility index (Phi) is 6.58. The molecule has 0 bridgehead atoms. The summed E-state index contributed by atoms with van der Waals surface area (Å²) in [5, 5.41) is 9.39. The number of hydrogen-bond donors (Lipinski definition) is 0. The molecular weight excluding hydrogens is 374 g/mol. The first-order chi connectivity index (χ1) is 14.4. The minimum absolute atomic E-state index is 0.567. The molecule has 30 heavy (non-hydrogen) atoms. The van der Waals surface area contributed by atoms with Crippen molar-refractivity contribution in [1.82, 2.24) is 4.98 Å². The van der Waals surface area contributed by atoms with Crippen LogP contribution in [-0.4, -0.2) is 19.2 Å². The van der Waals surface area contributed by atoms with Gasteiger partial charge >= 0.3 is 0 Å². The van der Waals surface area contributed by atoms with Gasteiger partial charge in [0.15, 0.2) is 0 Å². The molecule has 0 aliphatic heterocycles. The topological polar surface area (TPSA) is 58.4 Å². The first kappa shape index (κ1) is 21.2. The van der Waals surface area contributed by atoms with Crippen molar-refractivity contribution in [2.75, 3.05) is 19.1 Å². The Labute approximate surface area is 178 Å². The molecule has 5 nitrogen and oxygen atoms in total. The molecule has 0 N–H and O–H groups in total. The molecule has 5 heteroatoms. The van der Waals surface area contributed by atoms with Gasteiger partial charge < -0.3 is 14.4 Å². The summed E-state index contributed by atoms with van der Waals surface area (Å²) in [6, 6.07) is 22.4. The summed E-state index contributed by atoms with van der Waals surface area (Å²) in [6.45, 7) is 5.19. The lowest BCUT2D eigenvalue weighted by atomic mass is 9.88. The van der Waals surface area contributed by atoms with Gasteiger partial charge in [0.1, 0.15) is 17.3 Å². The maximum absolute atomic E-state index is 9.39. The average molecular weight is 402 g/mol. The first-order valence-corrected chi connectivity index (χ1v) is 9.84. The van der Waals surface area contributed by atoms with Crippen molar-refractivity contribution in [3.05, 3.63) is 83.6 Å². The fourth-order valence-electron chi connectivity index (χ4n) is 3.13. The maximum Gasteiger partial charge on any atom is 0.129 e. The summed E-state index contributed by atoms with van der Waals surface area (Å²) < 4.78 is 10.5. The van der Waals surface area contributed by atoms with E-state index in [1.165, 1.54) is 0 Å². The van der Waals surface area contributed by atoms with Crippen LogP contribution in [-0.2, 0) is 18.5 Å². The monoisotopic (exact) mass is 401 g/mol. The fraction of sp³-hybridized carbons (Fsp3) is 0.280. The van der Waals surface area contributed by atoms with Crippen LogP contribution >= 0.6 is 0 Å². The van der Waals surface area contributed by atoms with Gasteiger partial charge in [-0.1, -0.05) is 30.3 Å². The second kappa shape index (κ2) is 9.32. The highest BCUT2D eigenvalue weighted by molar-refractivity contribution is 5.44. The molecule has 2 aromatic carbocycles. The third-order valence-electron chi connectivity index (χ3n) is 5.14. The van der Waals surface area contributed by atoms with Crippen molar-refractivity contribution in [2.24, 2.45) is 0 Å². The average Bonchev–Trinajstić information content (AvgIpc) is 2.79. The Hall–Kier alpha value is -3.52. The second-order valence-electron chi connectivity index (χ2n) is 7.69. The molecule has 0 radical (unpaired) electrons. The molecule has 3 aromatic rings. The molecule has 0 aliphatic carbocycles. The minimum atomic E-state index is -0.567. The van der Waals surface area contributed by atoms with E-state index in [1.807, 2.05) is 50.2 Å². The zero-order valence-electron chi connectivity index (χ0n) is 17.9. The van der Waals surface area contributed by atoms with Crippen LogP contribution in [0, 0.1) is 11.3 Å². The number of rotatable bonds is 8. The van der Waals surface area contributed by atoms with Gasteiger partial charge in [0.25, 0.3) is 0 Å². The van der Waals surface area contributed by atoms with E-state index in [1.54, 1.807) is 20.4 Å². The third-order valence-corrected chi connectivity index (χ3v) is 5.14. The Morgan fingerprint density at radius 2 is 1.33 bits per heavy atom. The molecule has 0 atom stereocenters. The van der Waals surface area contributed by atoms with E-state index in [-0.39, 0.29) is 0 Å². The predicted molar refractivity (Wildman–Crippen MR) is 119 cm³/mol. The lowest BCUT2D eigenvalue weighted by molar-refractivity contribution is 0.414. The van der Waals surface area contributed by atoms with E-state index < -0.39 is 5.41 Å². The van der Waals surface area contributed by atoms with Crippen molar-refractivity contribution in [3.8, 4) is 17.6 Å². The number of aromatic nitrogens is 1. The fourth-order valence-corrected chi connectivity index (χ4v) is 3.13. The lowest BCUT2D eigenvalue weighted by Crippen LogP contribution is -2.23. The summed E-state index contributed by atoms with van der Waals surface area (Å²) in [5.41, 5.74) is 2.66. The molecular formula is C25H27N3O2. The normalized spacial score (nSPS) is 10.9. The van der Waals surface area contributed by atoms with E-state index in [0.717, 1.165) is 34.0 Å². The first-order valence-electron chi connectivity index (χ1n) is 9.84. The molecule has 0 spiro atoms. The summed E-state index contributed by atoms with van der Waals surface area (Å²) >= 11 is 0. The number of nitriles is 1. The molecule has 0 aliphatic rings. The Morgan fingerprint density at radius 1 is 0.833 bits per heavy atom. The number of methoxy groups -OCH3 is 2. The van der Waals surface area contributed by atoms with Crippen LogP contribution in [0.25, 0.3) is 0 Å². The maximum atomic E-state index is 9.39. The Morgan fingerprint density at radius 3 is 1.70 bits per heavy atom. The summed E-state index contributed by atoms with van der Waals surface area (Å²) in [5.74, 6) is 2.53. The minimum Gasteiger partial charge on any atom is -0.497 e. The van der Waals surface area contributed by atoms with Gasteiger partial charge in [-0.2, -0.15) is 5.26 Å². The predicted octanol–water partition coefficient (Wildman–Crippen LogP) is 5.11. The number of ether oxygens (including phenoxy) is 2. The van der Waals surface area contributed by atoms with Crippen LogP contribution in [0.4, 0.5) is 5.82 Å². The molecule has 0 saturated heterocycles. The quantitative estimate of drug-likeness (QED) is 0.525. The smallest absolute Gasteiger partial charge is 0.129 e. The zero-order chi connectivity index (χ0) is 21.6. The highest BCUT2D eigenvalue weighted by Gasteiger charge is 2.20. The second-order valence-corrected chi connectivity index (χ2v) is 7.69. The van der Waals surface area contributed by atoms with Gasteiger partial charge in [-0.05, 0) is 60.9 Å². The lowest BCUT2D eigenvalue weighted by Gasteiger charge is -2.25. The van der Waals surface area contributed by atoms with E-state index in [2.05, 4.69) is 40.2 Å². The zero-order valence-corrected chi connectivity index (χ0v) is 17.9. The van der Waals surface area contributed by atoms with Crippen LogP contribution in [0.3, 0.4) is 0 Å². The molecule has 0 fully saturated rings. The molecule has 0 unspecified atom stereocenters. The van der Waals surface area contributed by atoms with Gasteiger partial charge in [0.2, 0.25) is 0 Å². The molecule has 1 aromatic heterocycles. The van der Waals surface area contributed by atoms with Gasteiger partial charge in [0, 0.05) is 19.3 Å². The molecule has 154 valence electrons. The standard InChI is InChI=1S/C25H27N3O2/c1-25(2,18-26)21-9-14-24(27-15-21)28(16-19-5-10-22(29-3)11-6-19)17-20-7-12-23(30-4)13-8-20/h5-15H,16-17H2,1-4H3. The molecule has 3 rings (SSSR count). The molecule has 0 saturated carbocycles. The van der Waals surface area contributed by atoms with Crippen LogP contribution in [0.5, 0.6) is 11.5 Å². The van der Waals surface area contributed by atoms with Crippen molar-refractivity contribution in [3.63, 3.8) is 0 Å². The SMILES string of the molecule is COc1ccc(CN(Cc2ccc(OC)cc2)c2ccc(C(C)(C)C#N)cn2)cc1. The van der Waals surface area contributed by atoms with Crippen LogP contribution in [0.2, 0.25) is 0 Å². The van der Waals surface area contributed by atoms with E-state index in [0.29, 0.717) is 13.1 Å². The summed E-state index contributed by atoms with van der Waals surface area (Å²) in [7, 11) is 3.33. The van der Waals surface area contributed by atoms with Crippen molar-refractivity contribution in [1.29, 1.82) is 5.26 Å². The third kappa shape index (κ3) is 5.09. The van der Waals surface area contributed by atoms with Crippen LogP contribution in [0.1, 0.15) is 30.5 Å². The molecule has 1 heterocycles. The molecule has 0 amide bonds. The number of benzene rings is 2. The van der Waals surface area contributed by atoms with Gasteiger partial charge in [0.05, 0.1) is 25.7 Å². The Bertz CT molecular complexity index is 939. The number of nitrogens with zero attached hydrogens (tertiary/aromatic N) is 3. The summed E-state index contributed by atoms with van der Waals surface area (Å²) in [6.07, 6.45) is 1.80. The van der Waals surface area contributed by atoms with Gasteiger partial charge in [-0.25, -0.2) is 4.98 Å². The van der Waals surface area contributed by atoms with E-state index in [9.17, 15) is 5.26 Å². The number of pyridine rings is 1. The highest BCUT2D eigenvalue weighted by atomic mass is 16.5. The van der Waals surface area contributed by atoms with Crippen molar-refractivity contribution >= 4 is 5.82 Å². The van der Waals surface area contributed by atoms with Gasteiger partial charge in [-0.3, -0.25) is 0 Å². The summed E-state index contributed by atoms with van der Waals surface area (Å²) in [4.78, 5) is 6.89. The van der Waals surface area contributed by atoms with Crippen molar-refractivity contribution < 1.29 is 9.47 Å². The number of hydrogen-bond acceptors (Lipinski definition) is 5. The van der Waals surface area contributed by atoms with E-state index in [4.69, 9.17) is 9.47 Å².